The maximum Gasteiger partial charge on any atom is 0.0433 e. The minimum atomic E-state index is 0. The van der Waals surface area contributed by atoms with E-state index in [1.165, 1.54) is 0 Å². The lowest BCUT2D eigenvalue weighted by atomic mass is 10.9. The lowest BCUT2D eigenvalue weighted by Crippen LogP contribution is -1.73. The van der Waals surface area contributed by atoms with Gasteiger partial charge in [0.05, 0.1) is 0 Å². The molecule has 0 N–H and O–H groups in total. The molecule has 2 nitrogen and oxygen atoms in total. The largest absolute Gasteiger partial charge is 0.388 e. The zero-order valence-electron chi connectivity index (χ0n) is 9.52. The van der Waals surface area contributed by atoms with Crippen molar-refractivity contribution >= 4 is 0 Å². The minimum absolute atomic E-state index is 0. The van der Waals surface area contributed by atoms with Crippen LogP contribution in [0.15, 0.2) is 0 Å². The Labute approximate surface area is 87.6 Å². The molecule has 0 spiro atoms. The molecular weight excluding hydrogens is 164 g/mol. The topological polar surface area (TPSA) is 18.5 Å². The van der Waals surface area contributed by atoms with Crippen LogP contribution >= 0.6 is 0 Å². The first-order chi connectivity index (χ1) is 5.33. The Balaban J connectivity index is -0.0000000125. The second kappa shape index (κ2) is 167. The van der Waals surface area contributed by atoms with Crippen LogP contribution in [-0.2, 0) is 9.47 Å². The molecule has 0 atom stereocenters. The normalized spacial score (nSPS) is 4.62. The summed E-state index contributed by atoms with van der Waals surface area (Å²) in [5.74, 6) is 0. The van der Waals surface area contributed by atoms with E-state index in [9.17, 15) is 0 Å². The van der Waals surface area contributed by atoms with Gasteiger partial charge in [-0.25, -0.2) is 0 Å². The monoisotopic (exact) mass is 198 g/mol. The maximum atomic E-state index is 4.54. The van der Waals surface area contributed by atoms with Crippen molar-refractivity contribution in [2.75, 3.05) is 27.9 Å². The van der Waals surface area contributed by atoms with Gasteiger partial charge in [0, 0.05) is 27.9 Å². The van der Waals surface area contributed by atoms with Gasteiger partial charge in [0.15, 0.2) is 0 Å². The van der Waals surface area contributed by atoms with Crippen LogP contribution in [0.3, 0.4) is 0 Å². The Bertz CT molecular complexity index is 15.6. The van der Waals surface area contributed by atoms with E-state index in [4.69, 9.17) is 0 Å². The molecular formula is C11H34O2. The molecule has 0 aromatic heterocycles. The van der Waals surface area contributed by atoms with E-state index in [0.29, 0.717) is 0 Å². The van der Waals surface area contributed by atoms with Gasteiger partial charge < -0.3 is 9.47 Å². The summed E-state index contributed by atoms with van der Waals surface area (Å²) in [6.07, 6.45) is 0. The van der Waals surface area contributed by atoms with Gasteiger partial charge in [-0.15, -0.1) is 0 Å². The molecule has 0 aromatic rings. The third kappa shape index (κ3) is 1390. The van der Waals surface area contributed by atoms with Crippen LogP contribution in [0.4, 0.5) is 0 Å². The third-order valence-corrected chi connectivity index (χ3v) is 0.289. The Morgan fingerprint density at radius 1 is 0.769 bits per heavy atom. The van der Waals surface area contributed by atoms with E-state index in [0.717, 1.165) is 6.61 Å². The molecule has 0 aliphatic heterocycles. The summed E-state index contributed by atoms with van der Waals surface area (Å²) >= 11 is 0. The van der Waals surface area contributed by atoms with Crippen LogP contribution < -0.4 is 0 Å². The van der Waals surface area contributed by atoms with Gasteiger partial charge in [0.2, 0.25) is 0 Å². The molecule has 0 fully saturated rings. The predicted molar refractivity (Wildman–Crippen MR) is 66.6 cm³/mol. The second-order valence-corrected chi connectivity index (χ2v) is 0.986. The van der Waals surface area contributed by atoms with Crippen molar-refractivity contribution in [3.05, 3.63) is 0 Å². The lowest BCUT2D eigenvalue weighted by Gasteiger charge is -1.76. The van der Waals surface area contributed by atoms with Gasteiger partial charge in [0.25, 0.3) is 0 Å². The van der Waals surface area contributed by atoms with Crippen LogP contribution in [0.1, 0.15) is 49.5 Å². The highest BCUT2D eigenvalue weighted by Gasteiger charge is 1.51. The van der Waals surface area contributed by atoms with E-state index in [1.807, 2.05) is 34.6 Å². The Morgan fingerprint density at radius 3 is 0.846 bits per heavy atom. The second-order valence-electron chi connectivity index (χ2n) is 0.986. The maximum absolute atomic E-state index is 4.54. The summed E-state index contributed by atoms with van der Waals surface area (Å²) < 4.78 is 8.79. The standard InChI is InChI=1S/C3H8O.C2H6O.2C2H6.2CH4/c1-3-4-2;1-3-2;2*1-2;;/h3H2,1-2H3;1-2H3;2*1-2H3;2*1H4. The van der Waals surface area contributed by atoms with Crippen molar-refractivity contribution in [2.24, 2.45) is 0 Å². The zero-order valence-corrected chi connectivity index (χ0v) is 9.52. The van der Waals surface area contributed by atoms with Gasteiger partial charge >= 0.3 is 0 Å². The van der Waals surface area contributed by atoms with E-state index < -0.39 is 0 Å². The molecule has 90 valence electrons. The quantitative estimate of drug-likeness (QED) is 0.627. The summed E-state index contributed by atoms with van der Waals surface area (Å²) in [5.41, 5.74) is 0. The van der Waals surface area contributed by atoms with E-state index in [-0.39, 0.29) is 14.9 Å². The summed E-state index contributed by atoms with van der Waals surface area (Å²) in [4.78, 5) is 0. The molecule has 0 heterocycles. The molecule has 0 saturated heterocycles. The first-order valence-corrected chi connectivity index (χ1v) is 4.22. The van der Waals surface area contributed by atoms with Crippen LogP contribution in [0.25, 0.3) is 0 Å². The molecule has 0 aliphatic rings. The first kappa shape index (κ1) is 38.3. The molecule has 0 amide bonds. The van der Waals surface area contributed by atoms with Gasteiger partial charge in [-0.05, 0) is 6.92 Å². The van der Waals surface area contributed by atoms with Gasteiger partial charge in [-0.3, -0.25) is 0 Å². The number of methoxy groups -OCH3 is 2. The molecule has 0 bridgehead atoms. The number of hydrogen-bond donors (Lipinski definition) is 0. The van der Waals surface area contributed by atoms with Crippen molar-refractivity contribution in [1.29, 1.82) is 0 Å². The average molecular weight is 198 g/mol. The molecule has 2 heteroatoms. The Hall–Kier alpha value is -0.0800. The van der Waals surface area contributed by atoms with Crippen LogP contribution in [0, 0.1) is 0 Å². The SMILES string of the molecule is C.C.CC.CC.CCOC.COC. The molecule has 0 aliphatic carbocycles. The smallest absolute Gasteiger partial charge is 0.0433 e. The van der Waals surface area contributed by atoms with Crippen molar-refractivity contribution in [3.63, 3.8) is 0 Å². The highest BCUT2D eigenvalue weighted by Crippen LogP contribution is 1.52. The zero-order chi connectivity index (χ0) is 10.1. The number of hydrogen-bond acceptors (Lipinski definition) is 2. The van der Waals surface area contributed by atoms with Crippen molar-refractivity contribution in [2.45, 2.75) is 49.5 Å². The summed E-state index contributed by atoms with van der Waals surface area (Å²) in [6.45, 7) is 10.8. The Kier molecular flexibility index (Phi) is 492. The average Bonchev–Trinajstić information content (AvgIpc) is 2.12. The van der Waals surface area contributed by atoms with Gasteiger partial charge in [-0.2, -0.15) is 0 Å². The van der Waals surface area contributed by atoms with E-state index in [2.05, 4.69) is 9.47 Å². The van der Waals surface area contributed by atoms with E-state index >= 15 is 0 Å². The first-order valence-electron chi connectivity index (χ1n) is 4.22. The lowest BCUT2D eigenvalue weighted by molar-refractivity contribution is 0.215. The molecule has 0 saturated carbocycles. The summed E-state index contributed by atoms with van der Waals surface area (Å²) in [7, 11) is 4.93. The van der Waals surface area contributed by atoms with Gasteiger partial charge in [-0.1, -0.05) is 42.5 Å². The summed E-state index contributed by atoms with van der Waals surface area (Å²) in [5, 5.41) is 0. The fraction of sp³-hybridized carbons (Fsp3) is 1.00. The molecule has 0 radical (unpaired) electrons. The van der Waals surface area contributed by atoms with Gasteiger partial charge in [0.1, 0.15) is 0 Å². The highest BCUT2D eigenvalue weighted by molar-refractivity contribution is 3.94. The fourth-order valence-corrected chi connectivity index (χ4v) is 0. The van der Waals surface area contributed by atoms with Crippen LogP contribution in [0.5, 0.6) is 0 Å². The van der Waals surface area contributed by atoms with E-state index in [1.54, 1.807) is 21.3 Å². The number of rotatable bonds is 1. The number of ether oxygens (including phenoxy) is 2. The predicted octanol–water partition coefficient (Wildman–Crippen LogP) is 4.24. The molecule has 0 unspecified atom stereocenters. The highest BCUT2D eigenvalue weighted by atomic mass is 16.5. The fourth-order valence-electron chi connectivity index (χ4n) is 0. The third-order valence-electron chi connectivity index (χ3n) is 0.289. The van der Waals surface area contributed by atoms with Crippen LogP contribution in [-0.4, -0.2) is 27.9 Å². The van der Waals surface area contributed by atoms with Crippen LogP contribution in [0.2, 0.25) is 0 Å². The Morgan fingerprint density at radius 2 is 0.846 bits per heavy atom. The molecule has 0 aromatic carbocycles. The van der Waals surface area contributed by atoms with Crippen molar-refractivity contribution in [3.8, 4) is 0 Å². The molecule has 13 heavy (non-hydrogen) atoms. The van der Waals surface area contributed by atoms with Crippen molar-refractivity contribution < 1.29 is 9.47 Å². The minimum Gasteiger partial charge on any atom is -0.388 e. The summed E-state index contributed by atoms with van der Waals surface area (Å²) in [6, 6.07) is 0. The molecule has 0 rings (SSSR count). The van der Waals surface area contributed by atoms with Crippen molar-refractivity contribution in [1.82, 2.24) is 0 Å².